The van der Waals surface area contributed by atoms with Gasteiger partial charge in [0, 0.05) is 37.9 Å². The fraction of sp³-hybridized carbons (Fsp3) is 0.611. The number of benzene rings is 1. The maximum Gasteiger partial charge on any atom is 0.321 e. The molecule has 2 fully saturated rings. The summed E-state index contributed by atoms with van der Waals surface area (Å²) in [4.78, 5) is 16.9. The van der Waals surface area contributed by atoms with Crippen molar-refractivity contribution in [3.8, 4) is 0 Å². The molecule has 0 radical (unpaired) electrons. The number of sulfonamides is 1. The Balaban J connectivity index is 1.52. The molecular formula is C18H28N4O3S. The molecule has 26 heavy (non-hydrogen) atoms. The smallest absolute Gasteiger partial charge is 0.321 e. The highest BCUT2D eigenvalue weighted by molar-refractivity contribution is 7.92. The first-order valence-corrected chi connectivity index (χ1v) is 11.2. The first-order valence-electron chi connectivity index (χ1n) is 9.28. The van der Waals surface area contributed by atoms with Crippen molar-refractivity contribution in [1.29, 1.82) is 0 Å². The standard InChI is InChI=1S/C18H28N4O3S/c1-26(24,25)20-16-7-5-6-15(14-16)19-18(23)22-12-10-21(11-13-22)17-8-3-2-4-9-17/h5-7,14,17,20H,2-4,8-13H2,1H3,(H,19,23). The van der Waals surface area contributed by atoms with E-state index in [-0.39, 0.29) is 6.03 Å². The van der Waals surface area contributed by atoms with Crippen LogP contribution in [0, 0.1) is 0 Å². The van der Waals surface area contributed by atoms with Crippen molar-refractivity contribution in [2.24, 2.45) is 0 Å². The fourth-order valence-electron chi connectivity index (χ4n) is 3.81. The van der Waals surface area contributed by atoms with Crippen LogP contribution in [0.3, 0.4) is 0 Å². The normalized spacial score (nSPS) is 20.0. The summed E-state index contributed by atoms with van der Waals surface area (Å²) >= 11 is 0. The lowest BCUT2D eigenvalue weighted by Gasteiger charge is -2.40. The van der Waals surface area contributed by atoms with Gasteiger partial charge in [-0.25, -0.2) is 13.2 Å². The second-order valence-electron chi connectivity index (χ2n) is 7.20. The van der Waals surface area contributed by atoms with Gasteiger partial charge < -0.3 is 10.2 Å². The van der Waals surface area contributed by atoms with Crippen LogP contribution in [0.2, 0.25) is 0 Å². The van der Waals surface area contributed by atoms with Crippen molar-refractivity contribution in [1.82, 2.24) is 9.80 Å². The first-order chi connectivity index (χ1) is 12.4. The Morgan fingerprint density at radius 3 is 2.35 bits per heavy atom. The van der Waals surface area contributed by atoms with E-state index in [1.807, 2.05) is 4.90 Å². The predicted octanol–water partition coefficient (Wildman–Crippen LogP) is 2.54. The molecule has 0 spiro atoms. The molecule has 1 saturated heterocycles. The van der Waals surface area contributed by atoms with E-state index < -0.39 is 10.0 Å². The summed E-state index contributed by atoms with van der Waals surface area (Å²) in [5.74, 6) is 0. The number of anilines is 2. The zero-order valence-corrected chi connectivity index (χ0v) is 16.1. The van der Waals surface area contributed by atoms with Gasteiger partial charge in [0.2, 0.25) is 10.0 Å². The molecule has 2 aliphatic rings. The number of amides is 2. The third-order valence-electron chi connectivity index (χ3n) is 5.11. The SMILES string of the molecule is CS(=O)(=O)Nc1cccc(NC(=O)N2CCN(C3CCCCC3)CC2)c1. The molecule has 2 N–H and O–H groups in total. The first kappa shape index (κ1) is 19.0. The van der Waals surface area contributed by atoms with Gasteiger partial charge in [0.1, 0.15) is 0 Å². The van der Waals surface area contributed by atoms with Crippen LogP contribution in [-0.2, 0) is 10.0 Å². The molecule has 0 bridgehead atoms. The van der Waals surface area contributed by atoms with Gasteiger partial charge in [-0.1, -0.05) is 25.3 Å². The third-order valence-corrected chi connectivity index (χ3v) is 5.72. The summed E-state index contributed by atoms with van der Waals surface area (Å²) in [6, 6.07) is 7.29. The summed E-state index contributed by atoms with van der Waals surface area (Å²) in [6.45, 7) is 3.30. The van der Waals surface area contributed by atoms with Crippen LogP contribution in [0.1, 0.15) is 32.1 Å². The molecule has 1 aliphatic heterocycles. The molecule has 2 amide bonds. The molecule has 1 aliphatic carbocycles. The molecule has 8 heteroatoms. The Morgan fingerprint density at radius 2 is 1.69 bits per heavy atom. The minimum absolute atomic E-state index is 0.134. The lowest BCUT2D eigenvalue weighted by Crippen LogP contribution is -2.53. The summed E-state index contributed by atoms with van der Waals surface area (Å²) in [6.07, 6.45) is 7.67. The van der Waals surface area contributed by atoms with E-state index in [4.69, 9.17) is 0 Å². The van der Waals surface area contributed by atoms with E-state index in [9.17, 15) is 13.2 Å². The highest BCUT2D eigenvalue weighted by Gasteiger charge is 2.27. The van der Waals surface area contributed by atoms with Crippen molar-refractivity contribution in [2.75, 3.05) is 42.5 Å². The van der Waals surface area contributed by atoms with Crippen LogP contribution in [0.4, 0.5) is 16.2 Å². The van der Waals surface area contributed by atoms with Gasteiger partial charge in [-0.05, 0) is 31.0 Å². The third kappa shape index (κ3) is 5.35. The van der Waals surface area contributed by atoms with E-state index in [0.29, 0.717) is 17.4 Å². The molecule has 0 unspecified atom stereocenters. The fourth-order valence-corrected chi connectivity index (χ4v) is 4.37. The lowest BCUT2D eigenvalue weighted by molar-refractivity contribution is 0.0943. The number of urea groups is 1. The van der Waals surface area contributed by atoms with Crippen molar-refractivity contribution in [3.05, 3.63) is 24.3 Å². The molecule has 7 nitrogen and oxygen atoms in total. The van der Waals surface area contributed by atoms with Crippen LogP contribution in [0.25, 0.3) is 0 Å². The Labute approximate surface area is 155 Å². The number of nitrogens with one attached hydrogen (secondary N) is 2. The van der Waals surface area contributed by atoms with Crippen LogP contribution < -0.4 is 10.0 Å². The summed E-state index contributed by atoms with van der Waals surface area (Å²) < 4.78 is 25.1. The Bertz CT molecular complexity index is 724. The van der Waals surface area contributed by atoms with E-state index >= 15 is 0 Å². The topological polar surface area (TPSA) is 81.8 Å². The Kier molecular flexibility index (Phi) is 6.03. The number of piperazine rings is 1. The second-order valence-corrected chi connectivity index (χ2v) is 8.95. The highest BCUT2D eigenvalue weighted by atomic mass is 32.2. The zero-order valence-electron chi connectivity index (χ0n) is 15.3. The summed E-state index contributed by atoms with van der Waals surface area (Å²) in [5, 5.41) is 2.87. The van der Waals surface area contributed by atoms with E-state index in [2.05, 4.69) is 14.9 Å². The summed E-state index contributed by atoms with van der Waals surface area (Å²) in [5.41, 5.74) is 1.02. The van der Waals surface area contributed by atoms with Gasteiger partial charge in [-0.2, -0.15) is 0 Å². The number of carbonyl (C=O) groups excluding carboxylic acids is 1. The van der Waals surface area contributed by atoms with Crippen LogP contribution in [0.15, 0.2) is 24.3 Å². The van der Waals surface area contributed by atoms with Gasteiger partial charge >= 0.3 is 6.03 Å². The van der Waals surface area contributed by atoms with Crippen LogP contribution >= 0.6 is 0 Å². The zero-order chi connectivity index (χ0) is 18.6. The molecule has 1 heterocycles. The van der Waals surface area contributed by atoms with Crippen LogP contribution in [0.5, 0.6) is 0 Å². The Morgan fingerprint density at radius 1 is 1.04 bits per heavy atom. The lowest BCUT2D eigenvalue weighted by atomic mass is 9.94. The number of rotatable bonds is 4. The minimum atomic E-state index is -3.34. The van der Waals surface area contributed by atoms with Crippen molar-refractivity contribution in [2.45, 2.75) is 38.1 Å². The average molecular weight is 381 g/mol. The summed E-state index contributed by atoms with van der Waals surface area (Å²) in [7, 11) is -3.34. The van der Waals surface area contributed by atoms with Gasteiger partial charge in [0.25, 0.3) is 0 Å². The minimum Gasteiger partial charge on any atom is -0.322 e. The van der Waals surface area contributed by atoms with E-state index in [0.717, 1.165) is 32.4 Å². The number of hydrogen-bond donors (Lipinski definition) is 2. The van der Waals surface area contributed by atoms with Gasteiger partial charge in [0.15, 0.2) is 0 Å². The predicted molar refractivity (Wildman–Crippen MR) is 104 cm³/mol. The molecule has 1 aromatic rings. The Hall–Kier alpha value is -1.80. The number of carbonyl (C=O) groups is 1. The van der Waals surface area contributed by atoms with Gasteiger partial charge in [0.05, 0.1) is 11.9 Å². The van der Waals surface area contributed by atoms with Crippen LogP contribution in [-0.4, -0.2) is 62.7 Å². The van der Waals surface area contributed by atoms with Gasteiger partial charge in [-0.15, -0.1) is 0 Å². The second kappa shape index (κ2) is 8.26. The molecule has 0 atom stereocenters. The molecule has 144 valence electrons. The molecule has 3 rings (SSSR count). The highest BCUT2D eigenvalue weighted by Crippen LogP contribution is 2.24. The quantitative estimate of drug-likeness (QED) is 0.841. The molecule has 1 aromatic carbocycles. The molecule has 1 saturated carbocycles. The van der Waals surface area contributed by atoms with E-state index in [1.54, 1.807) is 24.3 Å². The number of nitrogens with zero attached hydrogens (tertiary/aromatic N) is 2. The number of hydrogen-bond acceptors (Lipinski definition) is 4. The molecule has 0 aromatic heterocycles. The van der Waals surface area contributed by atoms with Gasteiger partial charge in [-0.3, -0.25) is 9.62 Å². The van der Waals surface area contributed by atoms with Crippen molar-refractivity contribution < 1.29 is 13.2 Å². The van der Waals surface area contributed by atoms with Crippen molar-refractivity contribution >= 4 is 27.4 Å². The largest absolute Gasteiger partial charge is 0.322 e. The maximum absolute atomic E-state index is 12.5. The van der Waals surface area contributed by atoms with Crippen molar-refractivity contribution in [3.63, 3.8) is 0 Å². The maximum atomic E-state index is 12.5. The monoisotopic (exact) mass is 380 g/mol. The van der Waals surface area contributed by atoms with E-state index in [1.165, 1.54) is 32.1 Å². The molecular weight excluding hydrogens is 352 g/mol. The average Bonchev–Trinajstić information content (AvgIpc) is 2.61.